The van der Waals surface area contributed by atoms with Gasteiger partial charge in [-0.05, 0) is 74.8 Å². The van der Waals surface area contributed by atoms with Gasteiger partial charge in [0.05, 0.1) is 17.7 Å². The lowest BCUT2D eigenvalue weighted by atomic mass is 10.1. The Kier molecular flexibility index (Phi) is 6.73. The Balaban J connectivity index is 1.62. The van der Waals surface area contributed by atoms with E-state index in [2.05, 4.69) is 32.7 Å². The number of halogens is 1. The summed E-state index contributed by atoms with van der Waals surface area (Å²) in [6.07, 6.45) is 3.78. The van der Waals surface area contributed by atoms with E-state index < -0.39 is 0 Å². The molecule has 5 nitrogen and oxygen atoms in total. The lowest BCUT2D eigenvalue weighted by molar-refractivity contribution is 0.167. The van der Waals surface area contributed by atoms with E-state index >= 15 is 0 Å². The summed E-state index contributed by atoms with van der Waals surface area (Å²) < 4.78 is 2.16. The van der Waals surface area contributed by atoms with Crippen LogP contribution >= 0.6 is 23.4 Å². The zero-order valence-corrected chi connectivity index (χ0v) is 18.5. The molecule has 0 amide bonds. The van der Waals surface area contributed by atoms with Gasteiger partial charge in [-0.15, -0.1) is 10.2 Å². The largest absolute Gasteiger partial charge is 0.294 e. The van der Waals surface area contributed by atoms with Crippen molar-refractivity contribution in [1.82, 2.24) is 19.7 Å². The van der Waals surface area contributed by atoms with E-state index in [1.165, 1.54) is 19.3 Å². The summed E-state index contributed by atoms with van der Waals surface area (Å²) in [6.45, 7) is 4.42. The quantitative estimate of drug-likeness (QED) is 0.467. The average molecular weight is 438 g/mol. The number of hydrogen-bond acceptors (Lipinski definition) is 5. The Morgan fingerprint density at radius 2 is 1.73 bits per heavy atom. The molecule has 2 aromatic carbocycles. The maximum absolute atomic E-state index is 8.99. The minimum absolute atomic E-state index is 0.192. The van der Waals surface area contributed by atoms with Gasteiger partial charge in [-0.1, -0.05) is 41.9 Å². The highest BCUT2D eigenvalue weighted by atomic mass is 35.5. The van der Waals surface area contributed by atoms with Crippen LogP contribution in [0.1, 0.15) is 49.2 Å². The number of nitriles is 1. The maximum Gasteiger partial charge on any atom is 0.196 e. The Bertz CT molecular complexity index is 1020. The van der Waals surface area contributed by atoms with E-state index in [1.54, 1.807) is 11.8 Å². The van der Waals surface area contributed by atoms with E-state index in [4.69, 9.17) is 16.9 Å². The van der Waals surface area contributed by atoms with Crippen molar-refractivity contribution < 1.29 is 0 Å². The molecular weight excluding hydrogens is 414 g/mol. The third-order valence-corrected chi connectivity index (χ3v) is 6.76. The van der Waals surface area contributed by atoms with Crippen molar-refractivity contribution in [3.8, 4) is 11.8 Å². The fourth-order valence-electron chi connectivity index (χ4n) is 3.77. The lowest BCUT2D eigenvalue weighted by Crippen LogP contribution is -2.33. The van der Waals surface area contributed by atoms with E-state index in [1.807, 2.05) is 48.5 Å². The summed E-state index contributed by atoms with van der Waals surface area (Å²) in [7, 11) is 0. The van der Waals surface area contributed by atoms with Gasteiger partial charge in [0.15, 0.2) is 11.0 Å². The van der Waals surface area contributed by atoms with Crippen LogP contribution < -0.4 is 0 Å². The highest BCUT2D eigenvalue weighted by Crippen LogP contribution is 2.31. The van der Waals surface area contributed by atoms with Crippen LogP contribution in [-0.2, 0) is 5.75 Å². The number of nitrogens with zero attached hydrogens (tertiary/aromatic N) is 5. The maximum atomic E-state index is 8.99. The zero-order chi connectivity index (χ0) is 20.9. The minimum Gasteiger partial charge on any atom is -0.294 e. The van der Waals surface area contributed by atoms with Gasteiger partial charge in [-0.25, -0.2) is 0 Å². The first-order chi connectivity index (χ1) is 14.7. The number of thioether (sulfide) groups is 1. The van der Waals surface area contributed by atoms with Crippen LogP contribution in [0.3, 0.4) is 0 Å². The second-order valence-electron chi connectivity index (χ2n) is 7.52. The SMILES string of the molecule is C[C@@H](c1nnc(SCc2ccc(C#N)cc2)n1-c1ccc(Cl)cc1)N1CCCCC1. The van der Waals surface area contributed by atoms with Crippen molar-refractivity contribution in [2.24, 2.45) is 0 Å². The minimum atomic E-state index is 0.192. The topological polar surface area (TPSA) is 57.7 Å². The van der Waals surface area contributed by atoms with Crippen molar-refractivity contribution in [3.05, 3.63) is 70.5 Å². The molecule has 3 aromatic rings. The summed E-state index contributed by atoms with van der Waals surface area (Å²) in [6, 6.07) is 17.9. The van der Waals surface area contributed by atoms with Crippen LogP contribution in [0.5, 0.6) is 0 Å². The number of benzene rings is 2. The molecule has 7 heteroatoms. The molecule has 2 heterocycles. The highest BCUT2D eigenvalue weighted by molar-refractivity contribution is 7.98. The number of piperidine rings is 1. The molecule has 0 N–H and O–H groups in total. The average Bonchev–Trinajstić information content (AvgIpc) is 3.22. The molecule has 0 saturated carbocycles. The molecule has 0 aliphatic carbocycles. The van der Waals surface area contributed by atoms with Gasteiger partial charge in [-0.3, -0.25) is 9.47 Å². The van der Waals surface area contributed by atoms with Crippen molar-refractivity contribution in [2.45, 2.75) is 43.1 Å². The molecule has 1 aliphatic heterocycles. The summed E-state index contributed by atoms with van der Waals surface area (Å²) >= 11 is 7.78. The summed E-state index contributed by atoms with van der Waals surface area (Å²) in [5.41, 5.74) is 2.84. The Morgan fingerprint density at radius 3 is 2.40 bits per heavy atom. The molecule has 1 aromatic heterocycles. The molecule has 30 heavy (non-hydrogen) atoms. The molecule has 4 rings (SSSR count). The molecule has 0 radical (unpaired) electrons. The fraction of sp³-hybridized carbons (Fsp3) is 0.348. The van der Waals surface area contributed by atoms with Crippen LogP contribution in [-0.4, -0.2) is 32.8 Å². The summed E-state index contributed by atoms with van der Waals surface area (Å²) in [4.78, 5) is 2.50. The van der Waals surface area contributed by atoms with Gasteiger partial charge in [-0.2, -0.15) is 5.26 Å². The molecule has 154 valence electrons. The van der Waals surface area contributed by atoms with Crippen molar-refractivity contribution in [3.63, 3.8) is 0 Å². The monoisotopic (exact) mass is 437 g/mol. The van der Waals surface area contributed by atoms with Crippen molar-refractivity contribution >= 4 is 23.4 Å². The molecule has 1 aliphatic rings. The molecule has 1 fully saturated rings. The predicted octanol–water partition coefficient (Wildman–Crippen LogP) is 5.63. The smallest absolute Gasteiger partial charge is 0.196 e. The fourth-order valence-corrected chi connectivity index (χ4v) is 4.81. The zero-order valence-electron chi connectivity index (χ0n) is 17.0. The molecule has 0 bridgehead atoms. The van der Waals surface area contributed by atoms with E-state index in [-0.39, 0.29) is 6.04 Å². The first kappa shape index (κ1) is 20.9. The normalized spacial score (nSPS) is 15.6. The number of likely N-dealkylation sites (tertiary alicyclic amines) is 1. The predicted molar refractivity (Wildman–Crippen MR) is 121 cm³/mol. The molecule has 1 saturated heterocycles. The second kappa shape index (κ2) is 9.65. The first-order valence-electron chi connectivity index (χ1n) is 10.2. The number of rotatable bonds is 6. The van der Waals surface area contributed by atoms with Gasteiger partial charge < -0.3 is 0 Å². The Hall–Kier alpha value is -2.33. The summed E-state index contributed by atoms with van der Waals surface area (Å²) in [5.74, 6) is 1.72. The number of aromatic nitrogens is 3. The van der Waals surface area contributed by atoms with Gasteiger partial charge in [0.1, 0.15) is 0 Å². The molecule has 0 unspecified atom stereocenters. The van der Waals surface area contributed by atoms with Crippen LogP contribution in [0.25, 0.3) is 5.69 Å². The van der Waals surface area contributed by atoms with Crippen molar-refractivity contribution in [2.75, 3.05) is 13.1 Å². The Labute approximate surface area is 186 Å². The van der Waals surface area contributed by atoms with Gasteiger partial charge in [0, 0.05) is 16.5 Å². The standard InChI is InChI=1S/C23H24ClN5S/c1-17(28-13-3-2-4-14-28)22-26-27-23(29(22)21-11-9-20(24)10-12-21)30-16-19-7-5-18(15-25)6-8-19/h5-12,17H,2-4,13-14,16H2,1H3/t17-/m0/s1. The summed E-state index contributed by atoms with van der Waals surface area (Å²) in [5, 5.41) is 19.7. The van der Waals surface area contributed by atoms with Crippen LogP contribution in [0.4, 0.5) is 0 Å². The van der Waals surface area contributed by atoms with Crippen molar-refractivity contribution in [1.29, 1.82) is 5.26 Å². The number of hydrogen-bond donors (Lipinski definition) is 0. The Morgan fingerprint density at radius 1 is 1.03 bits per heavy atom. The third-order valence-electron chi connectivity index (χ3n) is 5.51. The van der Waals surface area contributed by atoms with E-state index in [0.29, 0.717) is 10.6 Å². The second-order valence-corrected chi connectivity index (χ2v) is 8.90. The molecular formula is C23H24ClN5S. The molecule has 0 spiro atoms. The van der Waals surface area contributed by atoms with E-state index in [9.17, 15) is 0 Å². The van der Waals surface area contributed by atoms with Crippen LogP contribution in [0, 0.1) is 11.3 Å². The highest BCUT2D eigenvalue weighted by Gasteiger charge is 2.25. The van der Waals surface area contributed by atoms with Crippen LogP contribution in [0.15, 0.2) is 53.7 Å². The van der Waals surface area contributed by atoms with Gasteiger partial charge in [0.25, 0.3) is 0 Å². The van der Waals surface area contributed by atoms with E-state index in [0.717, 1.165) is 41.1 Å². The molecule has 1 atom stereocenters. The third kappa shape index (κ3) is 4.70. The van der Waals surface area contributed by atoms with Crippen LogP contribution in [0.2, 0.25) is 5.02 Å². The van der Waals surface area contributed by atoms with Gasteiger partial charge >= 0.3 is 0 Å². The van der Waals surface area contributed by atoms with Gasteiger partial charge in [0.2, 0.25) is 0 Å². The lowest BCUT2D eigenvalue weighted by Gasteiger charge is -2.31. The first-order valence-corrected chi connectivity index (χ1v) is 11.6.